The number of rotatable bonds is 0. The Bertz CT molecular complexity index is 37.3. The van der Waals surface area contributed by atoms with Crippen molar-refractivity contribution in [2.75, 3.05) is 0 Å². The molecule has 0 rings (SSSR count). The van der Waals surface area contributed by atoms with E-state index in [0.717, 1.165) is 12.5 Å². The molecule has 0 aliphatic rings. The Kier molecular flexibility index (Phi) is 0.856. The van der Waals surface area contributed by atoms with Crippen LogP contribution < -0.4 is 0 Å². The molecule has 32 valence electrons. The van der Waals surface area contributed by atoms with E-state index in [0.29, 0.717) is 0 Å². The van der Waals surface area contributed by atoms with Crippen molar-refractivity contribution < 1.29 is 0 Å². The molecule has 0 aliphatic carbocycles. The topological polar surface area (TPSA) is 0 Å². The number of hydrogen-bond acceptors (Lipinski definition) is 1. The maximum atomic E-state index is 6.77. The van der Waals surface area contributed by atoms with Gasteiger partial charge < -0.3 is 0 Å². The highest BCUT2D eigenvalue weighted by Gasteiger charge is 1.96. The van der Waals surface area contributed by atoms with Gasteiger partial charge in [0.2, 0.25) is 0 Å². The monoisotopic (exact) mass is 91.1 g/mol. The molecule has 0 amide bonds. The summed E-state index contributed by atoms with van der Waals surface area (Å²) in [6, 6.07) is 0. The van der Waals surface area contributed by atoms with Crippen LogP contribution >= 0.6 is 12.5 Å². The molecule has 0 aromatic heterocycles. The van der Waals surface area contributed by atoms with Crippen LogP contribution in [0.15, 0.2) is 0 Å². The average molecular weight is 91.2 g/mol. The Morgan fingerprint density at radius 2 is 1.80 bits per heavy atom. The van der Waals surface area contributed by atoms with Crippen molar-refractivity contribution in [3.63, 3.8) is 0 Å². The third-order valence-corrected chi connectivity index (χ3v) is 0. The van der Waals surface area contributed by atoms with Gasteiger partial charge in [0.25, 0.3) is 0 Å². The summed E-state index contributed by atoms with van der Waals surface area (Å²) in [5, 5.41) is 0. The fourth-order valence-electron chi connectivity index (χ4n) is 0. The van der Waals surface area contributed by atoms with Crippen LogP contribution in [0.1, 0.15) is 20.8 Å². The molecule has 0 heterocycles. The second-order valence-electron chi connectivity index (χ2n) is 2.11. The Hall–Kier alpha value is 0.350. The molecule has 0 aromatic rings. The summed E-state index contributed by atoms with van der Waals surface area (Å²) in [7, 11) is 0. The van der Waals surface area contributed by atoms with E-state index in [1.54, 1.807) is 0 Å². The van der Waals surface area contributed by atoms with Crippen molar-refractivity contribution in [1.29, 1.82) is 1.12 Å². The van der Waals surface area contributed by atoms with Gasteiger partial charge in [0.1, 0.15) is 1.12 Å². The highest BCUT2D eigenvalue weighted by Crippen LogP contribution is 2.07. The van der Waals surface area contributed by atoms with Crippen LogP contribution in [0.3, 0.4) is 0 Å². The van der Waals surface area contributed by atoms with E-state index in [4.69, 9.17) is 1.12 Å². The molecule has 1 heteroatoms. The number of hydrogen-bond donors (Lipinski definition) is 1. The van der Waals surface area contributed by atoms with Gasteiger partial charge in [0.15, 0.2) is 0 Å². The first kappa shape index (κ1) is 3.54. The van der Waals surface area contributed by atoms with Gasteiger partial charge >= 0.3 is 0 Å². The maximum absolute atomic E-state index is 6.77. The van der Waals surface area contributed by atoms with Crippen LogP contribution in [-0.4, -0.2) is 5.87 Å². The van der Waals surface area contributed by atoms with Crippen LogP contribution in [0.2, 0.25) is 0 Å². The third-order valence-electron chi connectivity index (χ3n) is 0. The number of thiol groups is 1. The van der Waals surface area contributed by atoms with Gasteiger partial charge in [-0.1, -0.05) is 20.8 Å². The molecule has 0 fully saturated rings. The van der Waals surface area contributed by atoms with Gasteiger partial charge in [-0.05, 0) is 0 Å². The molecule has 0 atom stereocenters. The van der Waals surface area contributed by atoms with Crippen molar-refractivity contribution >= 4 is 12.5 Å². The first-order chi connectivity index (χ1) is 2.56. The van der Waals surface area contributed by atoms with E-state index < -0.39 is 0 Å². The molecule has 0 radical (unpaired) electrons. The van der Waals surface area contributed by atoms with Gasteiger partial charge in [-0.2, -0.15) is 12.5 Å². The van der Waals surface area contributed by atoms with Crippen LogP contribution in [0.4, 0.5) is 0 Å². The fraction of sp³-hybridized carbons (Fsp3) is 1.00. The molecular formula is C4H10S. The summed E-state index contributed by atoms with van der Waals surface area (Å²) in [6.45, 7) is 6.06. The summed E-state index contributed by atoms with van der Waals surface area (Å²) in [5.41, 5.74) is 0. The van der Waals surface area contributed by atoms with Crippen LogP contribution in [0.5, 0.6) is 0 Å². The van der Waals surface area contributed by atoms with Gasteiger partial charge in [-0.15, -0.1) is 0 Å². The van der Waals surface area contributed by atoms with Crippen molar-refractivity contribution in [1.82, 2.24) is 0 Å². The van der Waals surface area contributed by atoms with Crippen LogP contribution in [0.25, 0.3) is 0 Å². The first-order valence-electron chi connectivity index (χ1n) is 2.11. The molecule has 0 bridgehead atoms. The molecular weight excluding hydrogens is 80.1 g/mol. The van der Waals surface area contributed by atoms with Crippen LogP contribution in [0, 0.1) is 0 Å². The maximum Gasteiger partial charge on any atom is 0.103 e. The predicted octanol–water partition coefficient (Wildman–Crippen LogP) is 1.71. The summed E-state index contributed by atoms with van der Waals surface area (Å²) in [5.74, 6) is 0. The Morgan fingerprint density at radius 3 is 1.80 bits per heavy atom. The van der Waals surface area contributed by atoms with Crippen molar-refractivity contribution in [3.05, 3.63) is 0 Å². The molecule has 0 N–H and O–H groups in total. The molecule has 0 nitrogen and oxygen atoms in total. The summed E-state index contributed by atoms with van der Waals surface area (Å²) in [4.78, 5) is 0. The summed E-state index contributed by atoms with van der Waals surface area (Å²) >= 11 is 1.13. The van der Waals surface area contributed by atoms with Crippen molar-refractivity contribution in [2.45, 2.75) is 25.5 Å². The normalized spacial score (nSPS) is 14.6. The lowest BCUT2D eigenvalue weighted by Gasteiger charge is -2.04. The highest BCUT2D eigenvalue weighted by atomic mass is 32.1. The summed E-state index contributed by atoms with van der Waals surface area (Å²) < 4.78 is 6.90. The van der Waals surface area contributed by atoms with E-state index in [2.05, 4.69) is 0 Å². The zero-order chi connectivity index (χ0) is 5.21. The Balaban J connectivity index is 3.17. The van der Waals surface area contributed by atoms with E-state index in [9.17, 15) is 0 Å². The highest BCUT2D eigenvalue weighted by molar-refractivity contribution is 7.81. The smallest absolute Gasteiger partial charge is 0.103 e. The van der Waals surface area contributed by atoms with Crippen LogP contribution in [-0.2, 0) is 0 Å². The van der Waals surface area contributed by atoms with E-state index >= 15 is 0 Å². The minimum Gasteiger partial charge on any atom is -0.173 e. The molecule has 0 saturated carbocycles. The molecule has 0 aliphatic heterocycles. The zero-order valence-electron chi connectivity index (χ0n) is 4.91. The molecule has 0 saturated heterocycles. The molecule has 5 heavy (non-hydrogen) atoms. The minimum atomic E-state index is 0.125. The van der Waals surface area contributed by atoms with Crippen molar-refractivity contribution in [3.8, 4) is 0 Å². The largest absolute Gasteiger partial charge is 0.173 e. The van der Waals surface area contributed by atoms with Gasteiger partial charge in [-0.3, -0.25) is 0 Å². The minimum absolute atomic E-state index is 0.125. The standard InChI is InChI=1S/C4H10S/c1-4(2,3)5/h5H,1-3H3/i/hD. The lowest BCUT2D eigenvalue weighted by atomic mass is 10.3. The Morgan fingerprint density at radius 1 is 1.60 bits per heavy atom. The second kappa shape index (κ2) is 1.21. The Labute approximate surface area is 40.1 Å². The van der Waals surface area contributed by atoms with E-state index in [1.165, 1.54) is 0 Å². The molecule has 0 unspecified atom stereocenters. The quantitative estimate of drug-likeness (QED) is 0.431. The summed E-state index contributed by atoms with van der Waals surface area (Å²) in [6.07, 6.45) is 0. The van der Waals surface area contributed by atoms with Crippen molar-refractivity contribution in [2.24, 2.45) is 0 Å². The van der Waals surface area contributed by atoms with Gasteiger partial charge in [0, 0.05) is 4.75 Å². The van der Waals surface area contributed by atoms with Gasteiger partial charge in [0.05, 0.1) is 0 Å². The SMILES string of the molecule is [2H]SC(C)(C)C. The second-order valence-corrected chi connectivity index (χ2v) is 3.34. The average Bonchev–Trinajstić information content (AvgIpc) is 1.35. The van der Waals surface area contributed by atoms with E-state index in [-0.39, 0.29) is 4.75 Å². The molecule has 0 spiro atoms. The third kappa shape index (κ3) is 196. The van der Waals surface area contributed by atoms with Gasteiger partial charge in [-0.25, -0.2) is 0 Å². The fourth-order valence-corrected chi connectivity index (χ4v) is 0. The lowest BCUT2D eigenvalue weighted by molar-refractivity contribution is 0.812. The lowest BCUT2D eigenvalue weighted by Crippen LogP contribution is -1.99. The molecule has 0 aromatic carbocycles. The first-order valence-corrected chi connectivity index (χ1v) is 2.11. The van der Waals surface area contributed by atoms with E-state index in [1.807, 2.05) is 20.8 Å². The zero-order valence-corrected chi connectivity index (χ0v) is 4.72. The predicted molar refractivity (Wildman–Crippen MR) is 28.7 cm³/mol.